The first-order chi connectivity index (χ1) is 5.79. The zero-order valence-electron chi connectivity index (χ0n) is 7.35. The van der Waals surface area contributed by atoms with Crippen LogP contribution in [0.2, 0.25) is 0 Å². The highest BCUT2D eigenvalue weighted by Crippen LogP contribution is 2.31. The molecule has 2 rings (SSSR count). The van der Waals surface area contributed by atoms with Crippen molar-refractivity contribution in [2.45, 2.75) is 25.0 Å². The van der Waals surface area contributed by atoms with E-state index in [9.17, 15) is 0 Å². The van der Waals surface area contributed by atoms with E-state index in [4.69, 9.17) is 10.6 Å². The van der Waals surface area contributed by atoms with Crippen LogP contribution in [-0.4, -0.2) is 23.5 Å². The fourth-order valence-electron chi connectivity index (χ4n) is 1.28. The average Bonchev–Trinajstić information content (AvgIpc) is 2.04. The van der Waals surface area contributed by atoms with E-state index in [1.54, 1.807) is 23.7 Å². The van der Waals surface area contributed by atoms with E-state index < -0.39 is 5.72 Å². The number of halogens is 1. The van der Waals surface area contributed by atoms with Crippen LogP contribution >= 0.6 is 12.4 Å². The number of hydrogen-bond acceptors (Lipinski definition) is 4. The minimum absolute atomic E-state index is 0. The van der Waals surface area contributed by atoms with Gasteiger partial charge in [0.2, 0.25) is 0 Å². The third-order valence-electron chi connectivity index (χ3n) is 2.18. The first kappa shape index (κ1) is 10.5. The molecule has 1 saturated carbocycles. The van der Waals surface area contributed by atoms with Gasteiger partial charge in [-0.1, -0.05) is 0 Å². The van der Waals surface area contributed by atoms with Crippen LogP contribution < -0.4 is 5.73 Å². The molecule has 1 aliphatic carbocycles. The van der Waals surface area contributed by atoms with E-state index in [0.29, 0.717) is 6.54 Å². The number of nitrogens with two attached hydrogens (primary N) is 1. The van der Waals surface area contributed by atoms with E-state index in [-0.39, 0.29) is 12.4 Å². The molecule has 0 bridgehead atoms. The lowest BCUT2D eigenvalue weighted by atomic mass is 9.89. The van der Waals surface area contributed by atoms with Crippen molar-refractivity contribution >= 4 is 18.6 Å². The summed E-state index contributed by atoms with van der Waals surface area (Å²) in [5, 5.41) is 1.73. The number of nitrogens with zero attached hydrogens (tertiary/aromatic N) is 2. The second-order valence-corrected chi connectivity index (χ2v) is 3.24. The largest absolute Gasteiger partial charge is 0.301 e. The van der Waals surface area contributed by atoms with Gasteiger partial charge in [0.05, 0.1) is 6.54 Å². The molecule has 0 aromatic carbocycles. The molecule has 0 radical (unpaired) electrons. The van der Waals surface area contributed by atoms with E-state index in [1.165, 1.54) is 6.42 Å². The summed E-state index contributed by atoms with van der Waals surface area (Å²) in [6.45, 7) is 0.690. The van der Waals surface area contributed by atoms with Gasteiger partial charge < -0.3 is 5.73 Å². The molecule has 2 aliphatic rings. The Morgan fingerprint density at radius 3 is 2.69 bits per heavy atom. The van der Waals surface area contributed by atoms with Gasteiger partial charge >= 0.3 is 0 Å². The van der Waals surface area contributed by atoms with Crippen molar-refractivity contribution in [3.8, 4) is 0 Å². The summed E-state index contributed by atoms with van der Waals surface area (Å²) in [7, 11) is 0. The van der Waals surface area contributed by atoms with Crippen LogP contribution in [0.5, 0.6) is 0 Å². The first-order valence-corrected chi connectivity index (χ1v) is 4.21. The molecule has 1 heterocycles. The minimum Gasteiger partial charge on any atom is -0.301 e. The zero-order valence-corrected chi connectivity index (χ0v) is 8.17. The maximum absolute atomic E-state index is 5.89. The van der Waals surface area contributed by atoms with Gasteiger partial charge in [0.15, 0.2) is 0 Å². The maximum atomic E-state index is 5.89. The van der Waals surface area contributed by atoms with Crippen LogP contribution in [0.25, 0.3) is 0 Å². The van der Waals surface area contributed by atoms with Crippen LogP contribution in [0, 0.1) is 0 Å². The van der Waals surface area contributed by atoms with Crippen molar-refractivity contribution in [1.29, 1.82) is 0 Å². The number of rotatable bonds is 2. The molecule has 0 aromatic heterocycles. The summed E-state index contributed by atoms with van der Waals surface area (Å²) in [6.07, 6.45) is 8.37. The van der Waals surface area contributed by atoms with E-state index in [0.717, 1.165) is 12.8 Å². The Labute approximate surface area is 83.8 Å². The molecule has 74 valence electrons. The smallest absolute Gasteiger partial charge is 0.144 e. The van der Waals surface area contributed by atoms with Crippen LogP contribution in [-0.2, 0) is 4.84 Å². The van der Waals surface area contributed by atoms with Crippen molar-refractivity contribution in [3.63, 3.8) is 0 Å². The van der Waals surface area contributed by atoms with Gasteiger partial charge in [-0.3, -0.25) is 14.9 Å². The second-order valence-electron chi connectivity index (χ2n) is 3.24. The molecule has 2 N–H and O–H groups in total. The Hall–Kier alpha value is -0.580. The molecule has 0 saturated heterocycles. The fourth-order valence-corrected chi connectivity index (χ4v) is 1.28. The molecule has 1 fully saturated rings. The highest BCUT2D eigenvalue weighted by molar-refractivity contribution is 5.85. The minimum atomic E-state index is -0.407. The van der Waals surface area contributed by atoms with Gasteiger partial charge in [-0.25, -0.2) is 0 Å². The summed E-state index contributed by atoms with van der Waals surface area (Å²) in [4.78, 5) is 9.48. The normalized spacial score (nSPS) is 23.6. The summed E-state index contributed by atoms with van der Waals surface area (Å²) in [5.74, 6) is 0. The molecule has 0 amide bonds. The maximum Gasteiger partial charge on any atom is 0.144 e. The van der Waals surface area contributed by atoms with Gasteiger partial charge in [0.1, 0.15) is 5.72 Å². The van der Waals surface area contributed by atoms with Crippen molar-refractivity contribution in [2.24, 2.45) is 10.7 Å². The Bertz CT molecular complexity index is 225. The summed E-state index contributed by atoms with van der Waals surface area (Å²) in [6, 6.07) is 0. The van der Waals surface area contributed by atoms with Crippen molar-refractivity contribution in [2.75, 3.05) is 6.54 Å². The summed E-state index contributed by atoms with van der Waals surface area (Å²) < 4.78 is 0. The quantitative estimate of drug-likeness (QED) is 0.683. The van der Waals surface area contributed by atoms with Crippen LogP contribution in [0.15, 0.2) is 17.4 Å². The van der Waals surface area contributed by atoms with Gasteiger partial charge in [-0.05, 0) is 19.3 Å². The Morgan fingerprint density at radius 2 is 2.23 bits per heavy atom. The Kier molecular flexibility index (Phi) is 3.30. The number of aliphatic imine (C=N–C) groups is 1. The zero-order chi connectivity index (χ0) is 8.44. The molecule has 0 spiro atoms. The number of hydroxylamine groups is 2. The van der Waals surface area contributed by atoms with E-state index in [2.05, 4.69) is 4.99 Å². The SMILES string of the molecule is Cl.NC1(ON2C=CN=CC2)CCC1. The van der Waals surface area contributed by atoms with Crippen molar-refractivity contribution < 1.29 is 4.84 Å². The highest BCUT2D eigenvalue weighted by atomic mass is 35.5. The summed E-state index contributed by atoms with van der Waals surface area (Å²) >= 11 is 0. The van der Waals surface area contributed by atoms with Crippen molar-refractivity contribution in [1.82, 2.24) is 5.06 Å². The second kappa shape index (κ2) is 4.09. The molecular formula is C8H14ClN3O. The van der Waals surface area contributed by atoms with Crippen molar-refractivity contribution in [3.05, 3.63) is 12.4 Å². The summed E-state index contributed by atoms with van der Waals surface area (Å²) in [5.41, 5.74) is 5.48. The molecule has 5 heteroatoms. The monoisotopic (exact) mass is 203 g/mol. The topological polar surface area (TPSA) is 50.9 Å². The molecule has 0 aromatic rings. The Morgan fingerprint density at radius 1 is 1.46 bits per heavy atom. The van der Waals surface area contributed by atoms with Gasteiger partial charge in [0.25, 0.3) is 0 Å². The lowest BCUT2D eigenvalue weighted by molar-refractivity contribution is -0.240. The lowest BCUT2D eigenvalue weighted by Crippen LogP contribution is -2.52. The van der Waals surface area contributed by atoms with E-state index >= 15 is 0 Å². The highest BCUT2D eigenvalue weighted by Gasteiger charge is 2.35. The lowest BCUT2D eigenvalue weighted by Gasteiger charge is -2.40. The standard InChI is InChI=1S/C8H13N3O.ClH/c9-8(2-1-3-8)12-11-6-4-10-5-7-11;/h4-6H,1-3,7,9H2;1H. The van der Waals surface area contributed by atoms with Gasteiger partial charge in [0, 0.05) is 18.6 Å². The molecule has 4 nitrogen and oxygen atoms in total. The average molecular weight is 204 g/mol. The first-order valence-electron chi connectivity index (χ1n) is 4.21. The third-order valence-corrected chi connectivity index (χ3v) is 2.18. The third kappa shape index (κ3) is 2.43. The molecular weight excluding hydrogens is 190 g/mol. The van der Waals surface area contributed by atoms with E-state index in [1.807, 2.05) is 0 Å². The Balaban J connectivity index is 0.000000845. The molecule has 0 atom stereocenters. The van der Waals surface area contributed by atoms with Gasteiger partial charge in [-0.15, -0.1) is 12.4 Å². The number of hydrogen-bond donors (Lipinski definition) is 1. The molecule has 13 heavy (non-hydrogen) atoms. The predicted molar refractivity (Wildman–Crippen MR) is 53.4 cm³/mol. The van der Waals surface area contributed by atoms with Crippen LogP contribution in [0.4, 0.5) is 0 Å². The fraction of sp³-hybridized carbons (Fsp3) is 0.625. The van der Waals surface area contributed by atoms with Crippen LogP contribution in [0.3, 0.4) is 0 Å². The van der Waals surface area contributed by atoms with Gasteiger partial charge in [-0.2, -0.15) is 0 Å². The molecule has 0 unspecified atom stereocenters. The molecule has 1 aliphatic heterocycles. The van der Waals surface area contributed by atoms with Crippen LogP contribution in [0.1, 0.15) is 19.3 Å². The predicted octanol–water partition coefficient (Wildman–Crippen LogP) is 1.04.